The third-order valence-corrected chi connectivity index (χ3v) is 4.97. The highest BCUT2D eigenvalue weighted by atomic mass is 15.4. The van der Waals surface area contributed by atoms with Crippen LogP contribution in [0.5, 0.6) is 0 Å². The Labute approximate surface area is 149 Å². The van der Waals surface area contributed by atoms with E-state index in [0.29, 0.717) is 6.17 Å². The van der Waals surface area contributed by atoms with Crippen LogP contribution in [0.15, 0.2) is 42.7 Å². The maximum Gasteiger partial charge on any atom is 0.105 e. The first-order valence-corrected chi connectivity index (χ1v) is 10.1. The Kier molecular flexibility index (Phi) is 8.80. The molecule has 0 saturated carbocycles. The highest BCUT2D eigenvalue weighted by Gasteiger charge is 2.25. The summed E-state index contributed by atoms with van der Waals surface area (Å²) in [5.74, 6) is 0. The van der Waals surface area contributed by atoms with Crippen molar-refractivity contribution in [3.8, 4) is 0 Å². The molecule has 134 valence electrons. The number of anilines is 1. The lowest BCUT2D eigenvalue weighted by Crippen LogP contribution is -2.39. The summed E-state index contributed by atoms with van der Waals surface area (Å²) < 4.78 is 0. The van der Waals surface area contributed by atoms with Crippen LogP contribution in [-0.2, 0) is 0 Å². The van der Waals surface area contributed by atoms with Gasteiger partial charge in [0.2, 0.25) is 0 Å². The molecule has 1 aliphatic heterocycles. The van der Waals surface area contributed by atoms with Gasteiger partial charge in [0.25, 0.3) is 0 Å². The summed E-state index contributed by atoms with van der Waals surface area (Å²) in [7, 11) is 0. The quantitative estimate of drug-likeness (QED) is 0.402. The van der Waals surface area contributed by atoms with E-state index in [9.17, 15) is 0 Å². The molecule has 0 fully saturated rings. The van der Waals surface area contributed by atoms with Crippen molar-refractivity contribution in [2.24, 2.45) is 0 Å². The zero-order valence-corrected chi connectivity index (χ0v) is 15.8. The molecular formula is C22H36N2. The van der Waals surface area contributed by atoms with Crippen molar-refractivity contribution in [3.63, 3.8) is 0 Å². The van der Waals surface area contributed by atoms with Crippen LogP contribution in [-0.4, -0.2) is 17.6 Å². The molecule has 1 aliphatic rings. The number of para-hydroxylation sites is 1. The summed E-state index contributed by atoms with van der Waals surface area (Å²) in [5, 5.41) is 0. The lowest BCUT2D eigenvalue weighted by atomic mass is 10.1. The first kappa shape index (κ1) is 18.9. The van der Waals surface area contributed by atoms with Crippen LogP contribution < -0.4 is 4.90 Å². The van der Waals surface area contributed by atoms with Crippen molar-refractivity contribution >= 4 is 5.69 Å². The predicted octanol–water partition coefficient (Wildman–Crippen LogP) is 6.55. The first-order chi connectivity index (χ1) is 11.9. The highest BCUT2D eigenvalue weighted by molar-refractivity contribution is 5.51. The SMILES string of the molecule is CCCCCCCCCCC1N(CCC)C=CN1c1ccccc1. The fraction of sp³-hybridized carbons (Fsp3) is 0.636. The van der Waals surface area contributed by atoms with Gasteiger partial charge in [0.05, 0.1) is 0 Å². The Hall–Kier alpha value is -1.44. The van der Waals surface area contributed by atoms with E-state index in [-0.39, 0.29) is 0 Å². The Morgan fingerprint density at radius 2 is 1.42 bits per heavy atom. The van der Waals surface area contributed by atoms with Gasteiger partial charge in [-0.1, -0.05) is 77.0 Å². The number of benzene rings is 1. The molecule has 0 aliphatic carbocycles. The number of rotatable bonds is 12. The molecule has 1 aromatic carbocycles. The summed E-state index contributed by atoms with van der Waals surface area (Å²) in [5.41, 5.74) is 1.32. The van der Waals surface area contributed by atoms with Gasteiger partial charge >= 0.3 is 0 Å². The second kappa shape index (κ2) is 11.2. The van der Waals surface area contributed by atoms with Crippen molar-refractivity contribution in [2.45, 2.75) is 84.2 Å². The van der Waals surface area contributed by atoms with Crippen molar-refractivity contribution in [1.29, 1.82) is 0 Å². The fourth-order valence-electron chi connectivity index (χ4n) is 3.62. The van der Waals surface area contributed by atoms with E-state index in [4.69, 9.17) is 0 Å². The van der Waals surface area contributed by atoms with Crippen molar-refractivity contribution in [1.82, 2.24) is 4.90 Å². The Bertz CT molecular complexity index is 454. The van der Waals surface area contributed by atoms with Gasteiger partial charge in [-0.15, -0.1) is 0 Å². The lowest BCUT2D eigenvalue weighted by molar-refractivity contribution is 0.279. The molecule has 1 heterocycles. The van der Waals surface area contributed by atoms with Crippen molar-refractivity contribution < 1.29 is 0 Å². The number of nitrogens with zero attached hydrogens (tertiary/aromatic N) is 2. The predicted molar refractivity (Wildman–Crippen MR) is 106 cm³/mol. The molecule has 2 nitrogen and oxygen atoms in total. The molecule has 24 heavy (non-hydrogen) atoms. The Morgan fingerprint density at radius 3 is 2.08 bits per heavy atom. The second-order valence-corrected chi connectivity index (χ2v) is 7.02. The molecule has 0 spiro atoms. The van der Waals surface area contributed by atoms with Crippen molar-refractivity contribution in [3.05, 3.63) is 42.7 Å². The van der Waals surface area contributed by atoms with Crippen LogP contribution >= 0.6 is 0 Å². The van der Waals surface area contributed by atoms with E-state index in [1.807, 2.05) is 0 Å². The van der Waals surface area contributed by atoms with Crippen LogP contribution in [0.2, 0.25) is 0 Å². The first-order valence-electron chi connectivity index (χ1n) is 10.1. The second-order valence-electron chi connectivity index (χ2n) is 7.02. The zero-order valence-electron chi connectivity index (χ0n) is 15.8. The molecule has 0 bridgehead atoms. The van der Waals surface area contributed by atoms with Gasteiger partial charge < -0.3 is 9.80 Å². The molecule has 0 amide bonds. The minimum atomic E-state index is 0.507. The molecule has 1 atom stereocenters. The van der Waals surface area contributed by atoms with Crippen LogP contribution in [0.25, 0.3) is 0 Å². The third kappa shape index (κ3) is 5.89. The van der Waals surface area contributed by atoms with E-state index in [1.54, 1.807) is 0 Å². The average Bonchev–Trinajstić information content (AvgIpc) is 3.01. The molecule has 1 aromatic rings. The molecule has 0 N–H and O–H groups in total. The minimum absolute atomic E-state index is 0.507. The van der Waals surface area contributed by atoms with Crippen molar-refractivity contribution in [2.75, 3.05) is 11.4 Å². The molecule has 0 aromatic heterocycles. The summed E-state index contributed by atoms with van der Waals surface area (Å²) in [4.78, 5) is 4.98. The standard InChI is InChI=1S/C22H36N2/c1-3-5-6-7-8-9-10-14-17-22-23(18-4-2)19-20-24(22)21-15-12-11-13-16-21/h11-13,15-16,19-20,22H,3-10,14,17-18H2,1-2H3. The van der Waals surface area contributed by atoms with Crippen LogP contribution in [0.3, 0.4) is 0 Å². The lowest BCUT2D eigenvalue weighted by Gasteiger charge is -2.33. The number of unbranched alkanes of at least 4 members (excludes halogenated alkanes) is 7. The van der Waals surface area contributed by atoms with E-state index in [1.165, 1.54) is 69.9 Å². The summed E-state index contributed by atoms with van der Waals surface area (Å²) in [6.07, 6.45) is 18.7. The average molecular weight is 329 g/mol. The van der Waals surface area contributed by atoms with E-state index in [0.717, 1.165) is 6.54 Å². The molecule has 2 rings (SSSR count). The Balaban J connectivity index is 1.76. The van der Waals surface area contributed by atoms with Gasteiger partial charge in [-0.05, 0) is 31.4 Å². The minimum Gasteiger partial charge on any atom is -0.356 e. The maximum atomic E-state index is 2.52. The van der Waals surface area contributed by atoms with E-state index >= 15 is 0 Å². The monoisotopic (exact) mass is 328 g/mol. The molecule has 2 heteroatoms. The van der Waals surface area contributed by atoms with Gasteiger partial charge in [-0.3, -0.25) is 0 Å². The number of hydrogen-bond acceptors (Lipinski definition) is 2. The molecule has 1 unspecified atom stereocenters. The normalized spacial score (nSPS) is 17.0. The molecule has 0 saturated heterocycles. The topological polar surface area (TPSA) is 6.48 Å². The van der Waals surface area contributed by atoms with E-state index in [2.05, 4.69) is 66.4 Å². The van der Waals surface area contributed by atoms with Crippen LogP contribution in [0.4, 0.5) is 5.69 Å². The maximum absolute atomic E-state index is 2.52. The molecule has 0 radical (unpaired) electrons. The summed E-state index contributed by atoms with van der Waals surface area (Å²) in [6.45, 7) is 5.71. The number of hydrogen-bond donors (Lipinski definition) is 0. The van der Waals surface area contributed by atoms with Gasteiger partial charge in [-0.2, -0.15) is 0 Å². The summed E-state index contributed by atoms with van der Waals surface area (Å²) in [6, 6.07) is 10.8. The van der Waals surface area contributed by atoms with Crippen LogP contribution in [0.1, 0.15) is 78.1 Å². The largest absolute Gasteiger partial charge is 0.356 e. The smallest absolute Gasteiger partial charge is 0.105 e. The van der Waals surface area contributed by atoms with E-state index < -0.39 is 0 Å². The fourth-order valence-corrected chi connectivity index (χ4v) is 3.62. The third-order valence-electron chi connectivity index (χ3n) is 4.97. The molecular weight excluding hydrogens is 292 g/mol. The Morgan fingerprint density at radius 1 is 0.750 bits per heavy atom. The van der Waals surface area contributed by atoms with Gasteiger partial charge in [0.15, 0.2) is 0 Å². The highest BCUT2D eigenvalue weighted by Crippen LogP contribution is 2.27. The van der Waals surface area contributed by atoms with Gasteiger partial charge in [0.1, 0.15) is 6.17 Å². The van der Waals surface area contributed by atoms with Gasteiger partial charge in [0, 0.05) is 24.6 Å². The van der Waals surface area contributed by atoms with Crippen LogP contribution in [0, 0.1) is 0 Å². The van der Waals surface area contributed by atoms with Gasteiger partial charge in [-0.25, -0.2) is 0 Å². The zero-order chi connectivity index (χ0) is 17.0. The summed E-state index contributed by atoms with van der Waals surface area (Å²) >= 11 is 0.